The van der Waals surface area contributed by atoms with Crippen molar-refractivity contribution in [3.05, 3.63) is 86.5 Å². The molecule has 0 bridgehead atoms. The molecule has 0 radical (unpaired) electrons. The van der Waals surface area contributed by atoms with Crippen LogP contribution in [-0.2, 0) is 22.4 Å². The van der Waals surface area contributed by atoms with Crippen molar-refractivity contribution in [3.63, 3.8) is 0 Å². The van der Waals surface area contributed by atoms with Crippen molar-refractivity contribution >= 4 is 21.5 Å². The number of anilines is 2. The molecule has 0 fully saturated rings. The van der Waals surface area contributed by atoms with E-state index in [4.69, 9.17) is 0 Å². The summed E-state index contributed by atoms with van der Waals surface area (Å²) in [6.45, 7) is 1.52. The fourth-order valence-electron chi connectivity index (χ4n) is 4.31. The first-order chi connectivity index (χ1) is 17.4. The molecule has 0 saturated heterocycles. The third-order valence-corrected chi connectivity index (χ3v) is 6.95. The van der Waals surface area contributed by atoms with Crippen LogP contribution in [0.3, 0.4) is 0 Å². The smallest absolute Gasteiger partial charge is 0.282 e. The van der Waals surface area contributed by atoms with Gasteiger partial charge in [0.15, 0.2) is 0 Å². The second-order valence-corrected chi connectivity index (χ2v) is 10.8. The first-order valence-electron chi connectivity index (χ1n) is 10.8. The standard InChI is InChI=1S/C24H19F3N6O3S/c1-14-20(13-29)21(19-7-6-15(12-28)10-16(19)8-9-37(2,35)36)33-22(30-31-23(33)34)32(14)18-5-3-4-17(11-18)24(25,26)27/h3-7,10-11,21H,8-9H2,1-2H3,(H,31,34). The molecular weight excluding hydrogens is 509 g/mol. The minimum atomic E-state index is -4.62. The molecule has 2 heterocycles. The minimum Gasteiger partial charge on any atom is -0.282 e. The van der Waals surface area contributed by atoms with Crippen LogP contribution in [0.4, 0.5) is 24.8 Å². The van der Waals surface area contributed by atoms with Crippen molar-refractivity contribution < 1.29 is 21.6 Å². The van der Waals surface area contributed by atoms with E-state index in [2.05, 4.69) is 16.3 Å². The Kier molecular flexibility index (Phi) is 6.44. The van der Waals surface area contributed by atoms with Gasteiger partial charge in [0.2, 0.25) is 5.95 Å². The van der Waals surface area contributed by atoms with E-state index in [0.29, 0.717) is 11.1 Å². The van der Waals surface area contributed by atoms with Crippen molar-refractivity contribution in [2.45, 2.75) is 25.6 Å². The predicted octanol–water partition coefficient (Wildman–Crippen LogP) is 3.59. The van der Waals surface area contributed by atoms with Crippen LogP contribution in [0.25, 0.3) is 0 Å². The fraction of sp³-hybridized carbons (Fsp3) is 0.250. The van der Waals surface area contributed by atoms with Crippen LogP contribution in [0, 0.1) is 22.7 Å². The number of nitriles is 2. The van der Waals surface area contributed by atoms with Gasteiger partial charge in [0.1, 0.15) is 15.9 Å². The SMILES string of the molecule is CC1=C(C#N)C(c2ccc(C#N)cc2CCS(C)(=O)=O)n2c(n[nH]c2=O)N1c1cccc(C(F)(F)F)c1. The first-order valence-corrected chi connectivity index (χ1v) is 12.9. The molecule has 4 rings (SSSR count). The Bertz CT molecular complexity index is 1670. The summed E-state index contributed by atoms with van der Waals surface area (Å²) in [7, 11) is -3.39. The van der Waals surface area contributed by atoms with Crippen molar-refractivity contribution in [3.8, 4) is 12.1 Å². The molecule has 0 aliphatic carbocycles. The van der Waals surface area contributed by atoms with Gasteiger partial charge in [0.25, 0.3) is 0 Å². The zero-order valence-corrected chi connectivity index (χ0v) is 20.4. The largest absolute Gasteiger partial charge is 0.416 e. The second kappa shape index (κ2) is 9.26. The van der Waals surface area contributed by atoms with E-state index in [9.17, 15) is 36.9 Å². The van der Waals surface area contributed by atoms with Crippen molar-refractivity contribution in [1.29, 1.82) is 10.5 Å². The fourth-order valence-corrected chi connectivity index (χ4v) is 4.90. The number of sulfone groups is 1. The molecule has 9 nitrogen and oxygen atoms in total. The number of hydrogen-bond donors (Lipinski definition) is 1. The Morgan fingerprint density at radius 3 is 2.49 bits per heavy atom. The van der Waals surface area contributed by atoms with Crippen LogP contribution in [0.15, 0.2) is 58.5 Å². The number of halogens is 3. The van der Waals surface area contributed by atoms with Crippen LogP contribution in [0.2, 0.25) is 0 Å². The summed E-state index contributed by atoms with van der Waals surface area (Å²) in [5.74, 6) is -0.292. The van der Waals surface area contributed by atoms with Gasteiger partial charge < -0.3 is 0 Å². The number of aromatic amines is 1. The molecule has 1 aromatic heterocycles. The molecule has 1 unspecified atom stereocenters. The molecule has 37 heavy (non-hydrogen) atoms. The van der Waals surface area contributed by atoms with Gasteiger partial charge in [0.05, 0.1) is 34.6 Å². The molecule has 0 spiro atoms. The highest BCUT2D eigenvalue weighted by Crippen LogP contribution is 2.43. The van der Waals surface area contributed by atoms with E-state index in [0.717, 1.165) is 23.0 Å². The Morgan fingerprint density at radius 2 is 1.86 bits per heavy atom. The van der Waals surface area contributed by atoms with Gasteiger partial charge in [-0.25, -0.2) is 22.9 Å². The number of rotatable bonds is 5. The predicted molar refractivity (Wildman–Crippen MR) is 127 cm³/mol. The van der Waals surface area contributed by atoms with Crippen LogP contribution < -0.4 is 10.6 Å². The monoisotopic (exact) mass is 528 g/mol. The number of fused-ring (bicyclic) bond motifs is 1. The maximum atomic E-state index is 13.4. The zero-order valence-electron chi connectivity index (χ0n) is 19.5. The van der Waals surface area contributed by atoms with E-state index < -0.39 is 33.3 Å². The van der Waals surface area contributed by atoms with E-state index in [-0.39, 0.29) is 40.6 Å². The molecule has 2 aromatic carbocycles. The third kappa shape index (κ3) is 4.86. The quantitative estimate of drug-likeness (QED) is 0.535. The van der Waals surface area contributed by atoms with Crippen molar-refractivity contribution in [1.82, 2.24) is 14.8 Å². The highest BCUT2D eigenvalue weighted by atomic mass is 32.2. The summed E-state index contributed by atoms with van der Waals surface area (Å²) in [6.07, 6.45) is -3.54. The molecule has 1 aliphatic rings. The first kappa shape index (κ1) is 25.7. The molecule has 1 atom stereocenters. The Morgan fingerprint density at radius 1 is 1.14 bits per heavy atom. The molecule has 1 N–H and O–H groups in total. The average molecular weight is 529 g/mol. The second-order valence-electron chi connectivity index (χ2n) is 8.50. The van der Waals surface area contributed by atoms with Gasteiger partial charge in [-0.2, -0.15) is 23.7 Å². The van der Waals surface area contributed by atoms with Gasteiger partial charge in [-0.3, -0.25) is 4.90 Å². The molecule has 3 aromatic rings. The molecule has 13 heteroatoms. The highest BCUT2D eigenvalue weighted by molar-refractivity contribution is 7.90. The van der Waals surface area contributed by atoms with Crippen molar-refractivity contribution in [2.24, 2.45) is 0 Å². The molecule has 190 valence electrons. The summed E-state index contributed by atoms with van der Waals surface area (Å²) in [4.78, 5) is 14.2. The Balaban J connectivity index is 1.96. The molecular formula is C24H19F3N6O3S. The maximum Gasteiger partial charge on any atom is 0.416 e. The number of allylic oxidation sites excluding steroid dienone is 2. The number of aryl methyl sites for hydroxylation is 1. The Hall–Kier alpha value is -4.36. The minimum absolute atomic E-state index is 0.0111. The van der Waals surface area contributed by atoms with Crippen LogP contribution in [0.1, 0.15) is 35.2 Å². The lowest BCUT2D eigenvalue weighted by Crippen LogP contribution is -2.35. The lowest BCUT2D eigenvalue weighted by Gasteiger charge is -2.35. The summed E-state index contributed by atoms with van der Waals surface area (Å²) in [5, 5.41) is 25.8. The Labute approximate surface area is 209 Å². The molecule has 0 saturated carbocycles. The molecule has 0 amide bonds. The van der Waals surface area contributed by atoms with E-state index in [1.54, 1.807) is 0 Å². The van der Waals surface area contributed by atoms with Crippen molar-refractivity contribution in [2.75, 3.05) is 16.9 Å². The van der Waals surface area contributed by atoms with E-state index >= 15 is 0 Å². The topological polar surface area (TPSA) is 136 Å². The number of hydrogen-bond acceptors (Lipinski definition) is 7. The van der Waals surface area contributed by atoms with E-state index in [1.807, 2.05) is 6.07 Å². The third-order valence-electron chi connectivity index (χ3n) is 6.00. The van der Waals surface area contributed by atoms with E-state index in [1.165, 1.54) is 42.2 Å². The van der Waals surface area contributed by atoms with Crippen LogP contribution in [-0.4, -0.2) is 35.2 Å². The number of alkyl halides is 3. The number of nitrogens with zero attached hydrogens (tertiary/aromatic N) is 5. The van der Waals surface area contributed by atoms with Gasteiger partial charge >= 0.3 is 11.9 Å². The van der Waals surface area contributed by atoms with Crippen LogP contribution >= 0.6 is 0 Å². The van der Waals surface area contributed by atoms with Gasteiger partial charge in [-0.1, -0.05) is 12.1 Å². The zero-order chi connectivity index (χ0) is 27.1. The lowest BCUT2D eigenvalue weighted by molar-refractivity contribution is -0.137. The van der Waals surface area contributed by atoms with Gasteiger partial charge in [-0.15, -0.1) is 5.10 Å². The summed E-state index contributed by atoms with van der Waals surface area (Å²) < 4.78 is 65.0. The number of nitrogens with one attached hydrogen (secondary N) is 1. The van der Waals surface area contributed by atoms with Gasteiger partial charge in [0, 0.05) is 17.6 Å². The van der Waals surface area contributed by atoms with Crippen LogP contribution in [0.5, 0.6) is 0 Å². The average Bonchev–Trinajstić information content (AvgIpc) is 3.21. The number of H-pyrrole nitrogens is 1. The maximum absolute atomic E-state index is 13.4. The number of benzene rings is 2. The lowest BCUT2D eigenvalue weighted by atomic mass is 9.90. The summed E-state index contributed by atoms with van der Waals surface area (Å²) >= 11 is 0. The summed E-state index contributed by atoms with van der Waals surface area (Å²) in [5.41, 5.74) is -0.249. The number of aromatic nitrogens is 3. The highest BCUT2D eigenvalue weighted by Gasteiger charge is 2.38. The summed E-state index contributed by atoms with van der Waals surface area (Å²) in [6, 6.07) is 11.9. The molecule has 1 aliphatic heterocycles. The van der Waals surface area contributed by atoms with Gasteiger partial charge in [-0.05, 0) is 54.8 Å². The normalized spacial score (nSPS) is 15.8.